The second kappa shape index (κ2) is 14.0. The van der Waals surface area contributed by atoms with Gasteiger partial charge in [-0.25, -0.2) is 0 Å². The lowest BCUT2D eigenvalue weighted by Crippen LogP contribution is -2.60. The number of benzene rings is 2. The maximum absolute atomic E-state index is 13.2. The summed E-state index contributed by atoms with van der Waals surface area (Å²) < 4.78 is 0. The highest BCUT2D eigenvalue weighted by molar-refractivity contribution is 5.90. The van der Waals surface area contributed by atoms with Gasteiger partial charge in [0.05, 0.1) is 13.1 Å². The summed E-state index contributed by atoms with van der Waals surface area (Å²) in [4.78, 5) is 43.4. The maximum atomic E-state index is 13.2. The van der Waals surface area contributed by atoms with E-state index in [4.69, 9.17) is 6.42 Å². The van der Waals surface area contributed by atoms with Crippen molar-refractivity contribution in [1.82, 2.24) is 20.0 Å². The zero-order chi connectivity index (χ0) is 28.4. The molecule has 0 aromatic heterocycles. The van der Waals surface area contributed by atoms with E-state index in [9.17, 15) is 14.4 Å². The minimum absolute atomic E-state index is 0.0291. The van der Waals surface area contributed by atoms with Crippen LogP contribution in [-0.4, -0.2) is 84.3 Å². The Morgan fingerprint density at radius 1 is 1.00 bits per heavy atom. The van der Waals surface area contributed by atoms with Gasteiger partial charge in [0.25, 0.3) is 0 Å². The lowest BCUT2D eigenvalue weighted by atomic mass is 9.98. The summed E-state index contributed by atoms with van der Waals surface area (Å²) in [7, 11) is 1.69. The van der Waals surface area contributed by atoms with Gasteiger partial charge in [0.15, 0.2) is 0 Å². The van der Waals surface area contributed by atoms with Crippen molar-refractivity contribution in [1.29, 1.82) is 0 Å². The fourth-order valence-corrected chi connectivity index (χ4v) is 4.81. The quantitative estimate of drug-likeness (QED) is 0.454. The van der Waals surface area contributed by atoms with E-state index in [1.807, 2.05) is 4.90 Å². The Hall–Kier alpha value is -3.63. The third kappa shape index (κ3) is 8.97. The number of hydrogen-bond donors (Lipinski definition) is 1. The number of carbonyl (C=O) groups excluding carboxylic acids is 3. The van der Waals surface area contributed by atoms with E-state index in [-0.39, 0.29) is 30.8 Å². The zero-order valence-electron chi connectivity index (χ0n) is 23.8. The van der Waals surface area contributed by atoms with Crippen molar-refractivity contribution < 1.29 is 14.4 Å². The smallest absolute Gasteiger partial charge is 0.247 e. The number of hydrogen-bond acceptors (Lipinski definition) is 4. The van der Waals surface area contributed by atoms with Crippen LogP contribution in [0.3, 0.4) is 0 Å². The third-order valence-electron chi connectivity index (χ3n) is 7.31. The Morgan fingerprint density at radius 2 is 1.64 bits per heavy atom. The maximum Gasteiger partial charge on any atom is 0.247 e. The topological polar surface area (TPSA) is 73.0 Å². The van der Waals surface area contributed by atoms with Gasteiger partial charge in [0.1, 0.15) is 5.54 Å². The van der Waals surface area contributed by atoms with Crippen molar-refractivity contribution in [2.75, 3.05) is 46.3 Å². The van der Waals surface area contributed by atoms with Crippen LogP contribution in [0.4, 0.5) is 0 Å². The first-order valence-corrected chi connectivity index (χ1v) is 13.7. The molecule has 1 heterocycles. The molecule has 1 aliphatic heterocycles. The van der Waals surface area contributed by atoms with Gasteiger partial charge in [-0.3, -0.25) is 19.3 Å². The Labute approximate surface area is 233 Å². The first-order valence-electron chi connectivity index (χ1n) is 13.7. The summed E-state index contributed by atoms with van der Waals surface area (Å²) in [5.41, 5.74) is 4.12. The summed E-state index contributed by atoms with van der Waals surface area (Å²) in [5.74, 6) is 2.22. The van der Waals surface area contributed by atoms with Gasteiger partial charge in [-0.05, 0) is 62.3 Å². The molecule has 1 fully saturated rings. The second-order valence-electron chi connectivity index (χ2n) is 11.0. The largest absolute Gasteiger partial charge is 0.342 e. The van der Waals surface area contributed by atoms with E-state index in [0.717, 1.165) is 12.8 Å². The van der Waals surface area contributed by atoms with Crippen LogP contribution < -0.4 is 5.32 Å². The van der Waals surface area contributed by atoms with Gasteiger partial charge in [-0.2, -0.15) is 0 Å². The number of carbonyl (C=O) groups is 3. The summed E-state index contributed by atoms with van der Waals surface area (Å²) >= 11 is 0. The molecule has 1 N–H and O–H groups in total. The highest BCUT2D eigenvalue weighted by Gasteiger charge is 2.35. The van der Waals surface area contributed by atoms with Crippen molar-refractivity contribution in [3.8, 4) is 12.3 Å². The first kappa shape index (κ1) is 29.9. The Kier molecular flexibility index (Phi) is 10.7. The van der Waals surface area contributed by atoms with Crippen molar-refractivity contribution >= 4 is 17.7 Å². The van der Waals surface area contributed by atoms with Crippen LogP contribution in [0.2, 0.25) is 0 Å². The average Bonchev–Trinajstić information content (AvgIpc) is 2.91. The molecule has 2 aromatic carbocycles. The van der Waals surface area contributed by atoms with Gasteiger partial charge in [-0.15, -0.1) is 6.42 Å². The van der Waals surface area contributed by atoms with Crippen LogP contribution in [0, 0.1) is 19.3 Å². The molecular formula is C32H42N4O3. The van der Waals surface area contributed by atoms with Crippen molar-refractivity contribution in [3.63, 3.8) is 0 Å². The Balaban J connectivity index is 1.39. The highest BCUT2D eigenvalue weighted by atomic mass is 16.2. The molecule has 208 valence electrons. The normalized spacial score (nSPS) is 14.0. The summed E-state index contributed by atoms with van der Waals surface area (Å²) in [5, 5.41) is 2.93. The Bertz CT molecular complexity index is 1170. The van der Waals surface area contributed by atoms with Crippen molar-refractivity contribution in [2.24, 2.45) is 0 Å². The molecule has 0 spiro atoms. The number of likely N-dealkylation sites (N-methyl/N-ethyl adjacent to an activating group) is 1. The molecule has 0 atom stereocenters. The van der Waals surface area contributed by atoms with Crippen LogP contribution in [0.15, 0.2) is 48.5 Å². The fraction of sp³-hybridized carbons (Fsp3) is 0.469. The number of nitrogens with zero attached hydrogens (tertiary/aromatic N) is 3. The van der Waals surface area contributed by atoms with Crippen LogP contribution >= 0.6 is 0 Å². The molecule has 0 radical (unpaired) electrons. The lowest BCUT2D eigenvalue weighted by molar-refractivity contribution is -0.142. The van der Waals surface area contributed by atoms with Gasteiger partial charge >= 0.3 is 0 Å². The number of amides is 3. The average molecular weight is 531 g/mol. The third-order valence-corrected chi connectivity index (χ3v) is 7.31. The van der Waals surface area contributed by atoms with E-state index >= 15 is 0 Å². The van der Waals surface area contributed by atoms with Crippen LogP contribution in [0.25, 0.3) is 0 Å². The zero-order valence-corrected chi connectivity index (χ0v) is 23.8. The Morgan fingerprint density at radius 3 is 2.28 bits per heavy atom. The summed E-state index contributed by atoms with van der Waals surface area (Å²) in [6, 6.07) is 17.0. The number of terminal acetylenes is 1. The molecule has 0 aliphatic carbocycles. The molecule has 0 saturated carbocycles. The number of rotatable bonds is 11. The van der Waals surface area contributed by atoms with E-state index in [2.05, 4.69) is 66.7 Å². The van der Waals surface area contributed by atoms with Crippen LogP contribution in [-0.2, 0) is 27.2 Å². The van der Waals surface area contributed by atoms with E-state index in [0.29, 0.717) is 39.0 Å². The number of nitrogens with one attached hydrogen (secondary N) is 1. The molecule has 1 saturated heterocycles. The monoisotopic (exact) mass is 530 g/mol. The molecule has 3 amide bonds. The van der Waals surface area contributed by atoms with E-state index < -0.39 is 5.54 Å². The van der Waals surface area contributed by atoms with Crippen LogP contribution in [0.1, 0.15) is 48.9 Å². The second-order valence-corrected chi connectivity index (χ2v) is 11.0. The van der Waals surface area contributed by atoms with E-state index in [1.165, 1.54) is 27.2 Å². The SMILES string of the molecule is C#CCN(C)C(=O)CN1CCN(C(=O)C(C)(C)NC(=O)CCCc2ccc(Cc3ccccc3C)cc2)CC1. The fourth-order valence-electron chi connectivity index (χ4n) is 4.81. The van der Waals surface area contributed by atoms with Crippen molar-refractivity contribution in [3.05, 3.63) is 70.8 Å². The van der Waals surface area contributed by atoms with Gasteiger partial charge < -0.3 is 15.1 Å². The first-order chi connectivity index (χ1) is 18.6. The van der Waals surface area contributed by atoms with Crippen molar-refractivity contribution in [2.45, 2.75) is 52.0 Å². The predicted octanol–water partition coefficient (Wildman–Crippen LogP) is 3.04. The molecule has 0 bridgehead atoms. The minimum Gasteiger partial charge on any atom is -0.342 e. The summed E-state index contributed by atoms with van der Waals surface area (Å²) in [6.07, 6.45) is 8.08. The molecule has 1 aliphatic rings. The standard InChI is InChI=1S/C32H42N4O3/c1-6-18-34(5)30(38)24-35-19-21-36(22-20-35)31(39)32(3,4)33-29(37)13-9-11-26-14-16-27(17-15-26)23-28-12-8-7-10-25(28)2/h1,7-8,10,12,14-17H,9,11,13,18-24H2,2-5H3,(H,33,37). The molecule has 3 rings (SSSR count). The van der Waals surface area contributed by atoms with E-state index in [1.54, 1.807) is 25.8 Å². The minimum atomic E-state index is -0.987. The predicted molar refractivity (Wildman–Crippen MR) is 155 cm³/mol. The van der Waals surface area contributed by atoms with Gasteiger partial charge in [0, 0.05) is 39.6 Å². The van der Waals surface area contributed by atoms with Gasteiger partial charge in [0.2, 0.25) is 17.7 Å². The number of aryl methyl sites for hydroxylation is 2. The highest BCUT2D eigenvalue weighted by Crippen LogP contribution is 2.16. The number of piperazine rings is 1. The lowest BCUT2D eigenvalue weighted by Gasteiger charge is -2.38. The van der Waals surface area contributed by atoms with Gasteiger partial charge in [-0.1, -0.05) is 54.5 Å². The molecular weight excluding hydrogens is 488 g/mol. The summed E-state index contributed by atoms with van der Waals surface area (Å²) in [6.45, 7) is 8.47. The molecule has 2 aromatic rings. The molecule has 0 unspecified atom stereocenters. The molecule has 39 heavy (non-hydrogen) atoms. The van der Waals surface area contributed by atoms with Crippen LogP contribution in [0.5, 0.6) is 0 Å². The molecule has 7 nitrogen and oxygen atoms in total. The molecule has 7 heteroatoms.